The lowest BCUT2D eigenvalue weighted by molar-refractivity contribution is 0.298. The predicted octanol–water partition coefficient (Wildman–Crippen LogP) is 6.41. The molecule has 4 heteroatoms. The van der Waals surface area contributed by atoms with Crippen LogP contribution in [-0.4, -0.2) is 16.2 Å². The summed E-state index contributed by atoms with van der Waals surface area (Å²) >= 11 is 1.83. The first kappa shape index (κ1) is 19.6. The van der Waals surface area contributed by atoms with E-state index in [-0.39, 0.29) is 0 Å². The van der Waals surface area contributed by atoms with Crippen LogP contribution in [0.1, 0.15) is 23.4 Å². The van der Waals surface area contributed by atoms with E-state index in [2.05, 4.69) is 91.2 Å². The molecule has 4 rings (SSSR count). The van der Waals surface area contributed by atoms with Crippen molar-refractivity contribution in [2.75, 3.05) is 6.61 Å². The second-order valence-corrected chi connectivity index (χ2v) is 8.24. The maximum Gasteiger partial charge on any atom is 0.125 e. The molecule has 0 aliphatic heterocycles. The molecule has 0 saturated carbocycles. The fraction of sp³-hybridized carbons (Fsp3) is 0.240. The summed E-state index contributed by atoms with van der Waals surface area (Å²) in [6.45, 7) is 5.80. The number of imidazole rings is 1. The molecule has 0 amide bonds. The molecule has 0 spiro atoms. The molecule has 0 N–H and O–H groups in total. The molecule has 1 heterocycles. The van der Waals surface area contributed by atoms with Crippen LogP contribution in [0.3, 0.4) is 0 Å². The van der Waals surface area contributed by atoms with Gasteiger partial charge in [0, 0.05) is 11.4 Å². The first-order valence-corrected chi connectivity index (χ1v) is 11.0. The van der Waals surface area contributed by atoms with Crippen molar-refractivity contribution >= 4 is 22.8 Å². The minimum absolute atomic E-state index is 0.698. The molecule has 0 atom stereocenters. The van der Waals surface area contributed by atoms with Gasteiger partial charge < -0.3 is 9.30 Å². The van der Waals surface area contributed by atoms with E-state index in [1.165, 1.54) is 21.5 Å². The Morgan fingerprint density at radius 2 is 1.59 bits per heavy atom. The van der Waals surface area contributed by atoms with Gasteiger partial charge in [-0.25, -0.2) is 4.98 Å². The molecule has 0 radical (unpaired) electrons. The SMILES string of the molecule is Cc1cccc(C)c1OCCCn1c(CSc2ccccc2)nc2ccccc21. The number of fused-ring (bicyclic) bond motifs is 1. The van der Waals surface area contributed by atoms with E-state index in [1.807, 2.05) is 11.8 Å². The van der Waals surface area contributed by atoms with Gasteiger partial charge in [-0.3, -0.25) is 0 Å². The van der Waals surface area contributed by atoms with E-state index in [9.17, 15) is 0 Å². The van der Waals surface area contributed by atoms with Crippen molar-refractivity contribution in [2.24, 2.45) is 0 Å². The minimum atomic E-state index is 0.698. The Balaban J connectivity index is 1.45. The summed E-state index contributed by atoms with van der Waals surface area (Å²) in [7, 11) is 0. The van der Waals surface area contributed by atoms with Crippen molar-refractivity contribution in [3.8, 4) is 5.75 Å². The third-order valence-electron chi connectivity index (χ3n) is 5.03. The van der Waals surface area contributed by atoms with Gasteiger partial charge in [0.1, 0.15) is 11.6 Å². The Bertz CT molecular complexity index is 1070. The topological polar surface area (TPSA) is 27.1 Å². The first-order valence-electron chi connectivity index (χ1n) is 10.0. The van der Waals surface area contributed by atoms with Crippen molar-refractivity contribution in [1.29, 1.82) is 0 Å². The van der Waals surface area contributed by atoms with Crippen LogP contribution < -0.4 is 4.74 Å². The van der Waals surface area contributed by atoms with Gasteiger partial charge in [-0.05, 0) is 55.7 Å². The number of aryl methyl sites for hydroxylation is 3. The molecule has 1 aromatic heterocycles. The zero-order valence-corrected chi connectivity index (χ0v) is 17.8. The van der Waals surface area contributed by atoms with Crippen LogP contribution >= 0.6 is 11.8 Å². The van der Waals surface area contributed by atoms with Gasteiger partial charge in [-0.15, -0.1) is 11.8 Å². The second-order valence-electron chi connectivity index (χ2n) is 7.19. The Labute approximate surface area is 176 Å². The van der Waals surface area contributed by atoms with Crippen molar-refractivity contribution < 1.29 is 4.74 Å². The third-order valence-corrected chi connectivity index (χ3v) is 6.03. The van der Waals surface area contributed by atoms with Crippen molar-refractivity contribution in [1.82, 2.24) is 9.55 Å². The summed E-state index contributed by atoms with van der Waals surface area (Å²) in [6, 6.07) is 25.2. The van der Waals surface area contributed by atoms with E-state index >= 15 is 0 Å². The molecule has 0 aliphatic carbocycles. The standard InChI is InChI=1S/C25H26N2OS/c1-19-10-8-11-20(2)25(19)28-17-9-16-27-23-15-7-6-14-22(23)26-24(27)18-29-21-12-4-3-5-13-21/h3-8,10-15H,9,16-18H2,1-2H3. The molecule has 3 nitrogen and oxygen atoms in total. The summed E-state index contributed by atoms with van der Waals surface area (Å²) in [5, 5.41) is 0. The molecular weight excluding hydrogens is 376 g/mol. The monoisotopic (exact) mass is 402 g/mol. The zero-order chi connectivity index (χ0) is 20.1. The average molecular weight is 403 g/mol. The van der Waals surface area contributed by atoms with Gasteiger partial charge in [0.25, 0.3) is 0 Å². The quantitative estimate of drug-likeness (QED) is 0.251. The van der Waals surface area contributed by atoms with Crippen LogP contribution in [-0.2, 0) is 12.3 Å². The number of hydrogen-bond donors (Lipinski definition) is 0. The van der Waals surface area contributed by atoms with Crippen molar-refractivity contribution in [2.45, 2.75) is 37.5 Å². The lowest BCUT2D eigenvalue weighted by Gasteiger charge is -2.13. The van der Waals surface area contributed by atoms with Crippen LogP contribution in [0.5, 0.6) is 5.75 Å². The van der Waals surface area contributed by atoms with Crippen molar-refractivity contribution in [3.05, 3.63) is 89.7 Å². The Kier molecular flexibility index (Phi) is 6.20. The maximum atomic E-state index is 6.11. The highest BCUT2D eigenvalue weighted by atomic mass is 32.2. The van der Waals surface area contributed by atoms with E-state index < -0.39 is 0 Å². The van der Waals surface area contributed by atoms with Crippen LogP contribution in [0.4, 0.5) is 0 Å². The molecular formula is C25H26N2OS. The number of nitrogens with zero attached hydrogens (tertiary/aromatic N) is 2. The summed E-state index contributed by atoms with van der Waals surface area (Å²) < 4.78 is 8.45. The van der Waals surface area contributed by atoms with Gasteiger partial charge >= 0.3 is 0 Å². The summed E-state index contributed by atoms with van der Waals surface area (Å²) in [6.07, 6.45) is 0.942. The number of rotatable bonds is 8. The van der Waals surface area contributed by atoms with E-state index in [0.29, 0.717) is 6.61 Å². The van der Waals surface area contributed by atoms with Gasteiger partial charge in [0.05, 0.1) is 23.4 Å². The lowest BCUT2D eigenvalue weighted by Crippen LogP contribution is -2.08. The summed E-state index contributed by atoms with van der Waals surface area (Å²) in [5.74, 6) is 2.99. The Morgan fingerprint density at radius 3 is 2.38 bits per heavy atom. The lowest BCUT2D eigenvalue weighted by atomic mass is 10.1. The van der Waals surface area contributed by atoms with Crippen LogP contribution in [0.2, 0.25) is 0 Å². The molecule has 3 aromatic carbocycles. The van der Waals surface area contributed by atoms with Crippen molar-refractivity contribution in [3.63, 3.8) is 0 Å². The molecule has 0 fully saturated rings. The normalized spacial score (nSPS) is 11.1. The number of ether oxygens (including phenoxy) is 1. The molecule has 29 heavy (non-hydrogen) atoms. The number of thioether (sulfide) groups is 1. The molecule has 0 saturated heterocycles. The molecule has 0 unspecified atom stereocenters. The summed E-state index contributed by atoms with van der Waals surface area (Å²) in [4.78, 5) is 6.16. The Hall–Kier alpha value is -2.72. The predicted molar refractivity (Wildman–Crippen MR) is 122 cm³/mol. The second kappa shape index (κ2) is 9.19. The van der Waals surface area contributed by atoms with Crippen LogP contribution in [0.15, 0.2) is 77.7 Å². The first-order chi connectivity index (χ1) is 14.2. The highest BCUT2D eigenvalue weighted by molar-refractivity contribution is 7.98. The zero-order valence-electron chi connectivity index (χ0n) is 17.0. The number of para-hydroxylation sites is 3. The van der Waals surface area contributed by atoms with E-state index in [0.717, 1.165) is 35.8 Å². The molecule has 0 aliphatic rings. The molecule has 0 bridgehead atoms. The van der Waals surface area contributed by atoms with Gasteiger partial charge in [0.15, 0.2) is 0 Å². The maximum absolute atomic E-state index is 6.11. The minimum Gasteiger partial charge on any atom is -0.493 e. The van der Waals surface area contributed by atoms with E-state index in [4.69, 9.17) is 9.72 Å². The number of aromatic nitrogens is 2. The largest absolute Gasteiger partial charge is 0.493 e. The number of benzene rings is 3. The third kappa shape index (κ3) is 4.65. The molecule has 148 valence electrons. The summed E-state index contributed by atoms with van der Waals surface area (Å²) in [5.41, 5.74) is 4.64. The van der Waals surface area contributed by atoms with Gasteiger partial charge in [-0.2, -0.15) is 0 Å². The highest BCUT2D eigenvalue weighted by Gasteiger charge is 2.11. The number of hydrogen-bond acceptors (Lipinski definition) is 3. The smallest absolute Gasteiger partial charge is 0.125 e. The van der Waals surface area contributed by atoms with Crippen LogP contribution in [0.25, 0.3) is 11.0 Å². The average Bonchev–Trinajstić information content (AvgIpc) is 3.10. The van der Waals surface area contributed by atoms with Gasteiger partial charge in [-0.1, -0.05) is 48.5 Å². The Morgan fingerprint density at radius 1 is 0.862 bits per heavy atom. The van der Waals surface area contributed by atoms with Crippen LogP contribution in [0, 0.1) is 13.8 Å². The highest BCUT2D eigenvalue weighted by Crippen LogP contribution is 2.26. The fourth-order valence-corrected chi connectivity index (χ4v) is 4.44. The fourth-order valence-electron chi connectivity index (χ4n) is 3.57. The van der Waals surface area contributed by atoms with Gasteiger partial charge in [0.2, 0.25) is 0 Å². The molecule has 4 aromatic rings. The van der Waals surface area contributed by atoms with E-state index in [1.54, 1.807) is 0 Å².